The number of nitrogens with zero attached hydrogens (tertiary/aromatic N) is 3. The van der Waals surface area contributed by atoms with Crippen molar-refractivity contribution in [2.24, 2.45) is 5.92 Å². The molecule has 2 heterocycles. The molecule has 21 heavy (non-hydrogen) atoms. The first-order chi connectivity index (χ1) is 10.00. The van der Waals surface area contributed by atoms with Crippen LogP contribution in [0.1, 0.15) is 32.1 Å². The van der Waals surface area contributed by atoms with Crippen molar-refractivity contribution in [1.82, 2.24) is 9.29 Å². The fourth-order valence-corrected chi connectivity index (χ4v) is 4.99. The van der Waals surface area contributed by atoms with Crippen LogP contribution in [0, 0.1) is 5.92 Å². The predicted octanol–water partition coefficient (Wildman–Crippen LogP) is 2.10. The van der Waals surface area contributed by atoms with E-state index in [0.717, 1.165) is 18.7 Å². The van der Waals surface area contributed by atoms with E-state index in [1.807, 2.05) is 19.0 Å². The highest BCUT2D eigenvalue weighted by Gasteiger charge is 2.41. The van der Waals surface area contributed by atoms with Crippen LogP contribution in [0.25, 0.3) is 0 Å². The minimum Gasteiger partial charge on any atom is -0.363 e. The summed E-state index contributed by atoms with van der Waals surface area (Å²) in [6.07, 6.45) is 7.06. The second-order valence-corrected chi connectivity index (χ2v) is 8.15. The Morgan fingerprint density at radius 3 is 2.48 bits per heavy atom. The molecule has 5 nitrogen and oxygen atoms in total. The van der Waals surface area contributed by atoms with E-state index in [9.17, 15) is 8.42 Å². The zero-order valence-corrected chi connectivity index (χ0v) is 13.5. The lowest BCUT2D eigenvalue weighted by molar-refractivity contribution is 0.191. The molecule has 2 fully saturated rings. The fourth-order valence-electron chi connectivity index (χ4n) is 3.28. The number of rotatable bonds is 4. The van der Waals surface area contributed by atoms with Gasteiger partial charge in [0.2, 0.25) is 10.0 Å². The SMILES string of the molecule is CN(C)c1ccc(S(=O)(=O)N2CCCC2C2CCC2)cn1. The Morgan fingerprint density at radius 2 is 1.95 bits per heavy atom. The maximum Gasteiger partial charge on any atom is 0.244 e. The van der Waals surface area contributed by atoms with Crippen LogP contribution < -0.4 is 4.90 Å². The van der Waals surface area contributed by atoms with Crippen molar-refractivity contribution in [3.63, 3.8) is 0 Å². The highest BCUT2D eigenvalue weighted by Crippen LogP contribution is 2.39. The van der Waals surface area contributed by atoms with E-state index in [-0.39, 0.29) is 6.04 Å². The summed E-state index contributed by atoms with van der Waals surface area (Å²) in [4.78, 5) is 6.42. The highest BCUT2D eigenvalue weighted by atomic mass is 32.2. The lowest BCUT2D eigenvalue weighted by Crippen LogP contribution is -2.42. The maximum absolute atomic E-state index is 12.8. The molecule has 1 unspecified atom stereocenters. The van der Waals surface area contributed by atoms with Crippen LogP contribution in [0.15, 0.2) is 23.2 Å². The normalized spacial score (nSPS) is 24.0. The van der Waals surface area contributed by atoms with Crippen molar-refractivity contribution in [2.45, 2.75) is 43.0 Å². The van der Waals surface area contributed by atoms with Crippen LogP contribution in [0.4, 0.5) is 5.82 Å². The summed E-state index contributed by atoms with van der Waals surface area (Å²) < 4.78 is 27.4. The Labute approximate surface area is 127 Å². The van der Waals surface area contributed by atoms with Gasteiger partial charge in [0.25, 0.3) is 0 Å². The van der Waals surface area contributed by atoms with Crippen LogP contribution in [-0.2, 0) is 10.0 Å². The monoisotopic (exact) mass is 309 g/mol. The number of sulfonamides is 1. The number of aromatic nitrogens is 1. The predicted molar refractivity (Wildman–Crippen MR) is 82.8 cm³/mol. The lowest BCUT2D eigenvalue weighted by Gasteiger charge is -2.36. The third kappa shape index (κ3) is 2.66. The largest absolute Gasteiger partial charge is 0.363 e. The van der Waals surface area contributed by atoms with Gasteiger partial charge in [-0.2, -0.15) is 4.31 Å². The number of hydrogen-bond acceptors (Lipinski definition) is 4. The molecule has 1 saturated carbocycles. The Morgan fingerprint density at radius 1 is 1.19 bits per heavy atom. The molecule has 1 aliphatic heterocycles. The quantitative estimate of drug-likeness (QED) is 0.855. The Kier molecular flexibility index (Phi) is 3.92. The summed E-state index contributed by atoms with van der Waals surface area (Å²) in [5.41, 5.74) is 0. The summed E-state index contributed by atoms with van der Waals surface area (Å²) in [6, 6.07) is 3.65. The molecule has 0 radical (unpaired) electrons. The van der Waals surface area contributed by atoms with Crippen LogP contribution in [0.3, 0.4) is 0 Å². The average molecular weight is 309 g/mol. The second kappa shape index (κ2) is 5.57. The minimum absolute atomic E-state index is 0.206. The van der Waals surface area contributed by atoms with Crippen molar-refractivity contribution in [3.8, 4) is 0 Å². The molecule has 6 heteroatoms. The van der Waals surface area contributed by atoms with Gasteiger partial charge in [0.1, 0.15) is 10.7 Å². The van der Waals surface area contributed by atoms with E-state index in [2.05, 4.69) is 4.98 Å². The molecule has 0 spiro atoms. The average Bonchev–Trinajstić information content (AvgIpc) is 2.86. The summed E-state index contributed by atoms with van der Waals surface area (Å²) in [5.74, 6) is 1.34. The third-order valence-corrected chi connectivity index (χ3v) is 6.64. The highest BCUT2D eigenvalue weighted by molar-refractivity contribution is 7.89. The van der Waals surface area contributed by atoms with Crippen molar-refractivity contribution >= 4 is 15.8 Å². The minimum atomic E-state index is -3.40. The van der Waals surface area contributed by atoms with Crippen molar-refractivity contribution in [3.05, 3.63) is 18.3 Å². The van der Waals surface area contributed by atoms with Crippen molar-refractivity contribution in [1.29, 1.82) is 0 Å². The van der Waals surface area contributed by atoms with Gasteiger partial charge in [-0.15, -0.1) is 0 Å². The number of pyridine rings is 1. The van der Waals surface area contributed by atoms with Crippen molar-refractivity contribution < 1.29 is 8.42 Å². The van der Waals surface area contributed by atoms with Gasteiger partial charge < -0.3 is 4.90 Å². The molecule has 116 valence electrons. The van der Waals surface area contributed by atoms with Gasteiger partial charge in [0, 0.05) is 32.9 Å². The summed E-state index contributed by atoms with van der Waals surface area (Å²) in [6.45, 7) is 0.652. The van der Waals surface area contributed by atoms with Gasteiger partial charge in [0.15, 0.2) is 0 Å². The van der Waals surface area contributed by atoms with Gasteiger partial charge in [-0.1, -0.05) is 6.42 Å². The van der Waals surface area contributed by atoms with E-state index >= 15 is 0 Å². The zero-order valence-electron chi connectivity index (χ0n) is 12.7. The molecule has 1 saturated heterocycles. The Balaban J connectivity index is 1.85. The van der Waals surface area contributed by atoms with E-state index in [1.165, 1.54) is 25.5 Å². The molecule has 0 bridgehead atoms. The van der Waals surface area contributed by atoms with Gasteiger partial charge >= 0.3 is 0 Å². The molecular formula is C15H23N3O2S. The zero-order chi connectivity index (χ0) is 15.0. The topological polar surface area (TPSA) is 53.5 Å². The van der Waals surface area contributed by atoms with E-state index in [0.29, 0.717) is 17.4 Å². The van der Waals surface area contributed by atoms with Gasteiger partial charge in [0.05, 0.1) is 0 Å². The number of hydrogen-bond donors (Lipinski definition) is 0. The summed E-state index contributed by atoms with van der Waals surface area (Å²) >= 11 is 0. The first kappa shape index (κ1) is 14.8. The Bertz CT molecular complexity index is 594. The van der Waals surface area contributed by atoms with Crippen LogP contribution >= 0.6 is 0 Å². The Hall–Kier alpha value is -1.14. The van der Waals surface area contributed by atoms with Gasteiger partial charge in [-0.05, 0) is 43.7 Å². The standard InChI is InChI=1S/C15H23N3O2S/c1-17(2)15-9-8-13(11-16-15)21(19,20)18-10-4-7-14(18)12-5-3-6-12/h8-9,11-12,14H,3-7,10H2,1-2H3. The molecule has 1 aromatic heterocycles. The van der Waals surface area contributed by atoms with Crippen LogP contribution in [-0.4, -0.2) is 44.4 Å². The molecule has 1 atom stereocenters. The molecule has 0 N–H and O–H groups in total. The molecular weight excluding hydrogens is 286 g/mol. The van der Waals surface area contributed by atoms with Gasteiger partial charge in [-0.3, -0.25) is 0 Å². The first-order valence-corrected chi connectivity index (χ1v) is 9.09. The van der Waals surface area contributed by atoms with E-state index in [1.54, 1.807) is 16.4 Å². The lowest BCUT2D eigenvalue weighted by atomic mass is 9.79. The van der Waals surface area contributed by atoms with Crippen molar-refractivity contribution in [2.75, 3.05) is 25.5 Å². The molecule has 0 aromatic carbocycles. The second-order valence-electron chi connectivity index (χ2n) is 6.26. The van der Waals surface area contributed by atoms with Crippen LogP contribution in [0.2, 0.25) is 0 Å². The summed E-state index contributed by atoms with van der Waals surface area (Å²) in [7, 11) is 0.386. The van der Waals surface area contributed by atoms with E-state index < -0.39 is 10.0 Å². The molecule has 1 aromatic rings. The third-order valence-electron chi connectivity index (χ3n) is 4.73. The smallest absolute Gasteiger partial charge is 0.244 e. The molecule has 3 rings (SSSR count). The van der Waals surface area contributed by atoms with E-state index in [4.69, 9.17) is 0 Å². The molecule has 2 aliphatic rings. The molecule has 0 amide bonds. The molecule has 1 aliphatic carbocycles. The fraction of sp³-hybridized carbons (Fsp3) is 0.667. The summed E-state index contributed by atoms with van der Waals surface area (Å²) in [5, 5.41) is 0. The van der Waals surface area contributed by atoms with Gasteiger partial charge in [-0.25, -0.2) is 13.4 Å². The van der Waals surface area contributed by atoms with Crippen LogP contribution in [0.5, 0.6) is 0 Å². The number of anilines is 1. The first-order valence-electron chi connectivity index (χ1n) is 7.65. The maximum atomic E-state index is 12.8.